The first-order valence-corrected chi connectivity index (χ1v) is 6.29. The Morgan fingerprint density at radius 2 is 1.82 bits per heavy atom. The molecule has 1 aliphatic rings. The molecule has 0 radical (unpaired) electrons. The van der Waals surface area contributed by atoms with Gasteiger partial charge in [0.1, 0.15) is 5.75 Å². The quantitative estimate of drug-likeness (QED) is 0.746. The summed E-state index contributed by atoms with van der Waals surface area (Å²) in [6.07, 6.45) is 4.66. The van der Waals surface area contributed by atoms with E-state index in [4.69, 9.17) is 0 Å². The van der Waals surface area contributed by atoms with Gasteiger partial charge in [-0.3, -0.25) is 0 Å². The molecule has 0 saturated carbocycles. The maximum atomic E-state index is 9.58. The molecule has 0 aliphatic heterocycles. The minimum Gasteiger partial charge on any atom is -0.508 e. The second kappa shape index (κ2) is 3.90. The molecular weight excluding hydrogens is 208 g/mol. The molecule has 92 valence electrons. The minimum atomic E-state index is 0.239. The number of phenolic OH excluding ortho intramolecular Hbond substituents is 1. The largest absolute Gasteiger partial charge is 0.508 e. The smallest absolute Gasteiger partial charge is 0.116 e. The molecule has 1 N–H and O–H groups in total. The van der Waals surface area contributed by atoms with E-state index in [1.54, 1.807) is 6.07 Å². The average molecular weight is 230 g/mol. The maximum Gasteiger partial charge on any atom is 0.116 e. The SMILES string of the molecule is CC1(C)C=C(c2cccc(O)c2)CC(C)(C)C1. The van der Waals surface area contributed by atoms with Crippen molar-refractivity contribution in [3.05, 3.63) is 35.9 Å². The molecule has 1 aromatic rings. The Bertz CT molecular complexity index is 452. The number of hydrogen-bond acceptors (Lipinski definition) is 1. The topological polar surface area (TPSA) is 20.2 Å². The van der Waals surface area contributed by atoms with Crippen molar-refractivity contribution in [3.63, 3.8) is 0 Å². The van der Waals surface area contributed by atoms with Crippen LogP contribution in [0.2, 0.25) is 0 Å². The summed E-state index contributed by atoms with van der Waals surface area (Å²) in [5.41, 5.74) is 3.09. The molecule has 17 heavy (non-hydrogen) atoms. The van der Waals surface area contributed by atoms with Crippen LogP contribution in [0.5, 0.6) is 5.75 Å². The maximum absolute atomic E-state index is 9.58. The normalized spacial score (nSPS) is 22.0. The predicted octanol–water partition coefficient (Wildman–Crippen LogP) is 4.62. The molecule has 0 spiro atoms. The summed E-state index contributed by atoms with van der Waals surface area (Å²) >= 11 is 0. The highest BCUT2D eigenvalue weighted by atomic mass is 16.3. The fourth-order valence-corrected chi connectivity index (χ4v) is 3.28. The van der Waals surface area contributed by atoms with Crippen molar-refractivity contribution in [2.24, 2.45) is 10.8 Å². The molecule has 1 heteroatoms. The van der Waals surface area contributed by atoms with E-state index in [9.17, 15) is 5.11 Å². The molecule has 0 aromatic heterocycles. The van der Waals surface area contributed by atoms with Gasteiger partial charge in [-0.15, -0.1) is 0 Å². The zero-order valence-electron chi connectivity index (χ0n) is 11.2. The fraction of sp³-hybridized carbons (Fsp3) is 0.500. The Kier molecular flexibility index (Phi) is 2.81. The molecule has 0 bridgehead atoms. The summed E-state index contributed by atoms with van der Waals surface area (Å²) in [7, 11) is 0. The molecule has 0 unspecified atom stereocenters. The van der Waals surface area contributed by atoms with Crippen molar-refractivity contribution in [3.8, 4) is 5.75 Å². The van der Waals surface area contributed by atoms with Gasteiger partial charge < -0.3 is 5.11 Å². The van der Waals surface area contributed by atoms with E-state index in [0.29, 0.717) is 11.2 Å². The molecule has 0 atom stereocenters. The van der Waals surface area contributed by atoms with Crippen molar-refractivity contribution in [2.75, 3.05) is 0 Å². The third-order valence-corrected chi connectivity index (χ3v) is 3.39. The van der Waals surface area contributed by atoms with E-state index in [0.717, 1.165) is 12.0 Å². The molecular formula is C16H22O. The summed E-state index contributed by atoms with van der Waals surface area (Å²) in [6, 6.07) is 7.59. The first-order valence-electron chi connectivity index (χ1n) is 6.29. The molecule has 1 nitrogen and oxygen atoms in total. The first-order chi connectivity index (χ1) is 7.77. The zero-order valence-corrected chi connectivity index (χ0v) is 11.2. The lowest BCUT2D eigenvalue weighted by Gasteiger charge is -2.39. The number of aromatic hydroxyl groups is 1. The van der Waals surface area contributed by atoms with Crippen molar-refractivity contribution in [2.45, 2.75) is 40.5 Å². The van der Waals surface area contributed by atoms with Gasteiger partial charge in [0.25, 0.3) is 0 Å². The van der Waals surface area contributed by atoms with Crippen molar-refractivity contribution in [1.29, 1.82) is 0 Å². The number of phenols is 1. The Hall–Kier alpha value is -1.24. The van der Waals surface area contributed by atoms with Crippen LogP contribution < -0.4 is 0 Å². The van der Waals surface area contributed by atoms with Crippen LogP contribution in [-0.4, -0.2) is 5.11 Å². The van der Waals surface area contributed by atoms with Crippen LogP contribution in [0, 0.1) is 10.8 Å². The molecule has 1 aromatic carbocycles. The van der Waals surface area contributed by atoms with Gasteiger partial charge in [0.15, 0.2) is 0 Å². The summed E-state index contributed by atoms with van der Waals surface area (Å²) in [6.45, 7) is 9.22. The molecule has 0 amide bonds. The molecule has 2 rings (SSSR count). The standard InChI is InChI=1S/C16H22O/c1-15(2)9-13(10-16(3,4)11-15)12-6-5-7-14(17)8-12/h5-9,17H,10-11H2,1-4H3. The van der Waals surface area contributed by atoms with E-state index in [1.165, 1.54) is 12.0 Å². The van der Waals surface area contributed by atoms with Crippen LogP contribution in [0.15, 0.2) is 30.3 Å². The van der Waals surface area contributed by atoms with Gasteiger partial charge in [0, 0.05) is 0 Å². The van der Waals surface area contributed by atoms with E-state index in [1.807, 2.05) is 12.1 Å². The average Bonchev–Trinajstić information content (AvgIpc) is 2.12. The summed E-state index contributed by atoms with van der Waals surface area (Å²) < 4.78 is 0. The lowest BCUT2D eigenvalue weighted by Crippen LogP contribution is -2.26. The minimum absolute atomic E-state index is 0.239. The van der Waals surface area contributed by atoms with E-state index >= 15 is 0 Å². The zero-order chi connectivity index (χ0) is 12.7. The van der Waals surface area contributed by atoms with Crippen molar-refractivity contribution < 1.29 is 5.11 Å². The van der Waals surface area contributed by atoms with E-state index in [2.05, 4.69) is 39.8 Å². The number of hydrogen-bond donors (Lipinski definition) is 1. The van der Waals surface area contributed by atoms with Gasteiger partial charge in [-0.1, -0.05) is 45.9 Å². The Morgan fingerprint density at radius 1 is 1.12 bits per heavy atom. The van der Waals surface area contributed by atoms with Crippen molar-refractivity contribution in [1.82, 2.24) is 0 Å². The second-order valence-corrected chi connectivity index (χ2v) is 6.73. The lowest BCUT2D eigenvalue weighted by molar-refractivity contribution is 0.228. The Balaban J connectivity index is 2.41. The van der Waals surface area contributed by atoms with Crippen LogP contribution >= 0.6 is 0 Å². The van der Waals surface area contributed by atoms with Gasteiger partial charge >= 0.3 is 0 Å². The third-order valence-electron chi connectivity index (χ3n) is 3.39. The Labute approximate surface area is 104 Å². The predicted molar refractivity (Wildman–Crippen MR) is 72.9 cm³/mol. The molecule has 0 saturated heterocycles. The van der Waals surface area contributed by atoms with E-state index in [-0.39, 0.29) is 5.41 Å². The van der Waals surface area contributed by atoms with Gasteiger partial charge in [0.2, 0.25) is 0 Å². The van der Waals surface area contributed by atoms with Crippen LogP contribution in [0.25, 0.3) is 5.57 Å². The summed E-state index contributed by atoms with van der Waals surface area (Å²) in [4.78, 5) is 0. The fourth-order valence-electron chi connectivity index (χ4n) is 3.28. The first kappa shape index (κ1) is 12.2. The molecule has 0 fully saturated rings. The highest BCUT2D eigenvalue weighted by molar-refractivity contribution is 5.68. The number of rotatable bonds is 1. The lowest BCUT2D eigenvalue weighted by atomic mass is 9.66. The molecule has 1 aliphatic carbocycles. The van der Waals surface area contributed by atoms with Crippen molar-refractivity contribution >= 4 is 5.57 Å². The van der Waals surface area contributed by atoms with Crippen LogP contribution in [0.3, 0.4) is 0 Å². The van der Waals surface area contributed by atoms with Crippen LogP contribution in [-0.2, 0) is 0 Å². The van der Waals surface area contributed by atoms with Gasteiger partial charge in [-0.2, -0.15) is 0 Å². The Morgan fingerprint density at radius 3 is 2.41 bits per heavy atom. The second-order valence-electron chi connectivity index (χ2n) is 6.73. The van der Waals surface area contributed by atoms with Gasteiger partial charge in [0.05, 0.1) is 0 Å². The number of allylic oxidation sites excluding steroid dienone is 2. The van der Waals surface area contributed by atoms with Crippen LogP contribution in [0.4, 0.5) is 0 Å². The van der Waals surface area contributed by atoms with Gasteiger partial charge in [-0.25, -0.2) is 0 Å². The number of benzene rings is 1. The van der Waals surface area contributed by atoms with Crippen LogP contribution in [0.1, 0.15) is 46.1 Å². The summed E-state index contributed by atoms with van der Waals surface area (Å²) in [5.74, 6) is 0.351. The summed E-state index contributed by atoms with van der Waals surface area (Å²) in [5, 5.41) is 9.58. The van der Waals surface area contributed by atoms with E-state index < -0.39 is 0 Å². The highest BCUT2D eigenvalue weighted by Gasteiger charge is 2.33. The third kappa shape index (κ3) is 2.91. The van der Waals surface area contributed by atoms with Gasteiger partial charge in [-0.05, 0) is 46.9 Å². The molecule has 0 heterocycles. The highest BCUT2D eigenvalue weighted by Crippen LogP contribution is 2.47. The monoisotopic (exact) mass is 230 g/mol.